The summed E-state index contributed by atoms with van der Waals surface area (Å²) in [4.78, 5) is 34.9. The van der Waals surface area contributed by atoms with Gasteiger partial charge in [0.2, 0.25) is 0 Å². The smallest absolute Gasteiger partial charge is 0.418 e. The minimum Gasteiger partial charge on any atom is -0.497 e. The van der Waals surface area contributed by atoms with Crippen molar-refractivity contribution >= 4 is 46.1 Å². The molecule has 0 aliphatic carbocycles. The van der Waals surface area contributed by atoms with E-state index in [4.69, 9.17) is 40.3 Å². The lowest BCUT2D eigenvalue weighted by Crippen LogP contribution is -2.32. The minimum absolute atomic E-state index is 0.0145. The number of hydrogen-bond acceptors (Lipinski definition) is 13. The Morgan fingerprint density at radius 2 is 1.61 bits per heavy atom. The molecule has 4 aromatic heterocycles. The molecule has 0 bridgehead atoms. The second-order valence-corrected chi connectivity index (χ2v) is 17.7. The fourth-order valence-corrected chi connectivity index (χ4v) is 8.47. The van der Waals surface area contributed by atoms with Crippen LogP contribution in [0.2, 0.25) is 5.02 Å². The third-order valence-corrected chi connectivity index (χ3v) is 11.8. The molecule has 5 heterocycles. The van der Waals surface area contributed by atoms with Gasteiger partial charge in [0.05, 0.1) is 60.6 Å². The van der Waals surface area contributed by atoms with Crippen LogP contribution >= 0.6 is 11.6 Å². The first kappa shape index (κ1) is 49.0. The van der Waals surface area contributed by atoms with E-state index in [-0.39, 0.29) is 79.6 Å². The van der Waals surface area contributed by atoms with Crippen LogP contribution in [-0.2, 0) is 30.5 Å². The number of nitrogens with one attached hydrogen (secondary N) is 1. The number of aromatic nitrogens is 6. The minimum atomic E-state index is -5.03. The molecule has 1 aliphatic heterocycles. The number of aryl methyl sites for hydroxylation is 1. The lowest BCUT2D eigenvalue weighted by molar-refractivity contribution is -0.137. The molecule has 1 N–H and O–H groups in total. The summed E-state index contributed by atoms with van der Waals surface area (Å²) >= 11 is 7.19. The van der Waals surface area contributed by atoms with Crippen molar-refractivity contribution in [1.82, 2.24) is 29.7 Å². The van der Waals surface area contributed by atoms with Crippen molar-refractivity contribution in [3.63, 3.8) is 0 Å². The maximum absolute atomic E-state index is 18.0. The summed E-state index contributed by atoms with van der Waals surface area (Å²) in [6.45, 7) is 8.92. The predicted octanol–water partition coefficient (Wildman–Crippen LogP) is 11.0. The van der Waals surface area contributed by atoms with Crippen LogP contribution in [0.25, 0.3) is 22.2 Å². The molecule has 0 radical (unpaired) electrons. The Kier molecular flexibility index (Phi) is 14.2. The highest BCUT2D eigenvalue weighted by Gasteiger charge is 2.41. The molecule has 1 amide bonds. The average Bonchev–Trinajstić information content (AvgIpc) is 3.76. The van der Waals surface area contributed by atoms with Gasteiger partial charge in [0.1, 0.15) is 53.3 Å². The van der Waals surface area contributed by atoms with E-state index in [1.54, 1.807) is 104 Å². The summed E-state index contributed by atoms with van der Waals surface area (Å²) in [5, 5.41) is 6.43. The highest BCUT2D eigenvalue weighted by atomic mass is 35.5. The van der Waals surface area contributed by atoms with Gasteiger partial charge in [-0.3, -0.25) is 10.00 Å². The average molecular weight is 984 g/mol. The van der Waals surface area contributed by atoms with Gasteiger partial charge in [-0.2, -0.15) is 28.2 Å². The number of methoxy groups -OCH3 is 2. The number of pyridine rings is 2. The Balaban J connectivity index is 1.31. The molecule has 366 valence electrons. The maximum atomic E-state index is 18.0. The Morgan fingerprint density at radius 3 is 2.21 bits per heavy atom. The fourth-order valence-electron chi connectivity index (χ4n) is 8.15. The molecular weight excluding hydrogens is 934 g/mol. The Labute approximate surface area is 406 Å². The Hall–Kier alpha value is -7.41. The molecule has 1 atom stereocenters. The van der Waals surface area contributed by atoms with Gasteiger partial charge in [0, 0.05) is 37.2 Å². The number of benzene rings is 3. The van der Waals surface area contributed by atoms with E-state index in [1.165, 1.54) is 19.2 Å². The molecule has 20 heteroatoms. The summed E-state index contributed by atoms with van der Waals surface area (Å²) in [5.41, 5.74) is -2.02. The van der Waals surface area contributed by atoms with E-state index >= 15 is 17.6 Å². The zero-order chi connectivity index (χ0) is 49.9. The zero-order valence-corrected chi connectivity index (χ0v) is 40.2. The van der Waals surface area contributed by atoms with E-state index in [1.807, 2.05) is 31.2 Å². The summed E-state index contributed by atoms with van der Waals surface area (Å²) in [6, 6.07) is 20.0. The Morgan fingerprint density at radius 1 is 0.943 bits per heavy atom. The highest BCUT2D eigenvalue weighted by Crippen LogP contribution is 2.51. The molecule has 0 unspecified atom stereocenters. The number of amides is 1. The van der Waals surface area contributed by atoms with Crippen LogP contribution < -0.4 is 34.1 Å². The van der Waals surface area contributed by atoms with Crippen LogP contribution in [0.5, 0.6) is 23.3 Å². The fraction of sp³-hybridized carbons (Fsp3) is 0.320. The van der Waals surface area contributed by atoms with Crippen LogP contribution in [0.4, 0.5) is 39.8 Å². The van der Waals surface area contributed by atoms with Gasteiger partial charge in [-0.25, -0.2) is 19.2 Å². The number of carbonyl (C=O) groups is 1. The molecule has 70 heavy (non-hydrogen) atoms. The number of anilines is 3. The summed E-state index contributed by atoms with van der Waals surface area (Å²) < 4.78 is 94.7. The number of nitrogens with zero attached hydrogens (tertiary/aromatic N) is 8. The molecule has 1 aliphatic rings. The lowest BCUT2D eigenvalue weighted by atomic mass is 9.98. The van der Waals surface area contributed by atoms with Crippen LogP contribution in [0.1, 0.15) is 61.6 Å². The van der Waals surface area contributed by atoms with Crippen molar-refractivity contribution < 1.29 is 46.0 Å². The molecule has 8 rings (SSSR count). The third kappa shape index (κ3) is 10.7. The van der Waals surface area contributed by atoms with Gasteiger partial charge in [0.15, 0.2) is 11.6 Å². The topological polar surface area (TPSA) is 151 Å². The number of rotatable bonds is 15. The van der Waals surface area contributed by atoms with Crippen LogP contribution in [0.3, 0.4) is 0 Å². The second kappa shape index (κ2) is 20.3. The molecule has 0 saturated heterocycles. The molecule has 15 nitrogen and oxygen atoms in total. The van der Waals surface area contributed by atoms with Gasteiger partial charge in [-0.05, 0) is 93.8 Å². The standard InChI is InChI=1S/C50H50ClF4N9O6/c1-29-26-36(62(27-31-11-15-33(66-6)16-12-31)28-32-13-17-34(67-7)18-14-32)58-42(39(29)50(53,54)55)37-40(51)44-38-43(41(37)52)59-47(69-24-22-63-21-9-20-57-63)61-46(38)64(23-25-68-44)30(2)35-10-8-19-56-45(35)60-48(65)70-49(3,4)5/h8-21,26,30H,22-25,27-28H2,1-7H3,(H,56,60,65)/t30-/m1/s1. The van der Waals surface area contributed by atoms with E-state index < -0.39 is 57.1 Å². The number of halogens is 5. The van der Waals surface area contributed by atoms with Crippen LogP contribution in [0.15, 0.2) is 91.4 Å². The van der Waals surface area contributed by atoms with Crippen LogP contribution in [-0.4, -0.2) is 75.4 Å². The van der Waals surface area contributed by atoms with Gasteiger partial charge >= 0.3 is 18.3 Å². The van der Waals surface area contributed by atoms with Gasteiger partial charge in [-0.1, -0.05) is 41.9 Å². The van der Waals surface area contributed by atoms with E-state index in [9.17, 15) is 4.79 Å². The van der Waals surface area contributed by atoms with Gasteiger partial charge in [-0.15, -0.1) is 0 Å². The summed E-state index contributed by atoms with van der Waals surface area (Å²) in [6.07, 6.45) is -0.930. The van der Waals surface area contributed by atoms with Gasteiger partial charge < -0.3 is 33.5 Å². The molecule has 0 spiro atoms. The van der Waals surface area contributed by atoms with Crippen molar-refractivity contribution in [1.29, 1.82) is 0 Å². The maximum Gasteiger partial charge on any atom is 0.418 e. The summed E-state index contributed by atoms with van der Waals surface area (Å²) in [5.74, 6) is 0.239. The van der Waals surface area contributed by atoms with Crippen molar-refractivity contribution in [2.45, 2.75) is 72.1 Å². The van der Waals surface area contributed by atoms with Crippen molar-refractivity contribution in [3.8, 4) is 34.5 Å². The van der Waals surface area contributed by atoms with Crippen LogP contribution in [0, 0.1) is 12.7 Å². The zero-order valence-electron chi connectivity index (χ0n) is 39.4. The van der Waals surface area contributed by atoms with E-state index in [2.05, 4.69) is 25.4 Å². The van der Waals surface area contributed by atoms with Crippen molar-refractivity contribution in [2.24, 2.45) is 0 Å². The van der Waals surface area contributed by atoms with E-state index in [0.29, 0.717) is 17.1 Å². The first-order chi connectivity index (χ1) is 33.4. The monoisotopic (exact) mass is 983 g/mol. The molecule has 0 fully saturated rings. The molecular formula is C50H50ClF4N9O6. The number of ether oxygens (including phenoxy) is 5. The number of hydrogen-bond donors (Lipinski definition) is 1. The number of carbonyl (C=O) groups excluding carboxylic acids is 1. The molecule has 0 saturated carbocycles. The highest BCUT2D eigenvalue weighted by molar-refractivity contribution is 6.36. The van der Waals surface area contributed by atoms with Gasteiger partial charge in [0.25, 0.3) is 0 Å². The first-order valence-corrected chi connectivity index (χ1v) is 22.6. The number of alkyl halides is 3. The normalized spacial score (nSPS) is 13.1. The van der Waals surface area contributed by atoms with Crippen molar-refractivity contribution in [3.05, 3.63) is 130 Å². The quantitative estimate of drug-likeness (QED) is 0.0971. The SMILES string of the molecule is COc1ccc(CN(Cc2ccc(OC)cc2)c2cc(C)c(C(F)(F)F)c(-c3c(Cl)c4c5c(nc(OCCn6cccn6)nc5c3F)N([C@H](C)c3cccnc3NC(=O)OC(C)(C)C)CCO4)n2)cc1. The largest absolute Gasteiger partial charge is 0.497 e. The lowest BCUT2D eigenvalue weighted by Gasteiger charge is -2.31. The van der Waals surface area contributed by atoms with E-state index in [0.717, 1.165) is 11.1 Å². The first-order valence-electron chi connectivity index (χ1n) is 22.2. The predicted molar refractivity (Wildman–Crippen MR) is 256 cm³/mol. The molecule has 3 aromatic carbocycles. The van der Waals surface area contributed by atoms with Crippen molar-refractivity contribution in [2.75, 3.05) is 49.1 Å². The summed E-state index contributed by atoms with van der Waals surface area (Å²) in [7, 11) is 3.09. The molecule has 7 aromatic rings. The Bertz CT molecular complexity index is 2940. The second-order valence-electron chi connectivity index (χ2n) is 17.4. The third-order valence-electron chi connectivity index (χ3n) is 11.4.